The van der Waals surface area contributed by atoms with Crippen LogP contribution in [0.1, 0.15) is 175 Å². The van der Waals surface area contributed by atoms with Crippen LogP contribution in [0.5, 0.6) is 0 Å². The van der Waals surface area contributed by atoms with Crippen LogP contribution in [0.3, 0.4) is 0 Å². The maximum Gasteiger partial charge on any atom is 0.306 e. The van der Waals surface area contributed by atoms with Crippen LogP contribution in [0.4, 0.5) is 0 Å². The monoisotopic (exact) mass is 841 g/mol. The lowest BCUT2D eigenvalue weighted by Gasteiger charge is -2.18. The van der Waals surface area contributed by atoms with Gasteiger partial charge in [-0.25, -0.2) is 0 Å². The van der Waals surface area contributed by atoms with Gasteiger partial charge in [0.15, 0.2) is 6.10 Å². The highest BCUT2D eigenvalue weighted by atomic mass is 16.6. The molecule has 0 amide bonds. The van der Waals surface area contributed by atoms with Gasteiger partial charge in [-0.15, -0.1) is 0 Å². The molecule has 0 aliphatic heterocycles. The predicted octanol–water partition coefficient (Wildman–Crippen LogP) is 15.5. The Morgan fingerprint density at radius 2 is 0.721 bits per heavy atom. The first kappa shape index (κ1) is 56.5. The van der Waals surface area contributed by atoms with Gasteiger partial charge in [0.1, 0.15) is 13.2 Å². The standard InChI is InChI=1S/C55H84O6/c1-4-7-10-13-16-19-21-23-25-26-27-28-30-31-33-36-39-42-45-48-54(57)60-51-52(50-59-53(56)47-44-41-38-35-18-15-12-9-6-3)61-55(58)49-46-43-40-37-34-32-29-24-22-20-17-14-11-8-5-2/h7,9-10,12-13,16-28,30-31,33,35,52H,4-6,8,11,14-15,29,32,34,36-51H2,1-3H3/b10-7-,12-9-,16-13-,20-17-,21-19-,24-22-,25-23-,27-26+,30-28-,33-31-,35-18-. The zero-order valence-corrected chi connectivity index (χ0v) is 38.6. The highest BCUT2D eigenvalue weighted by Crippen LogP contribution is 2.12. The van der Waals surface area contributed by atoms with Gasteiger partial charge in [-0.3, -0.25) is 14.4 Å². The van der Waals surface area contributed by atoms with Crippen molar-refractivity contribution in [2.45, 2.75) is 181 Å². The van der Waals surface area contributed by atoms with E-state index in [1.54, 1.807) is 0 Å². The summed E-state index contributed by atoms with van der Waals surface area (Å²) in [5.74, 6) is -1.03. The number of allylic oxidation sites excluding steroid dienone is 22. The van der Waals surface area contributed by atoms with Crippen LogP contribution in [0.2, 0.25) is 0 Å². The van der Waals surface area contributed by atoms with Gasteiger partial charge in [0.25, 0.3) is 0 Å². The highest BCUT2D eigenvalue weighted by Gasteiger charge is 2.19. The van der Waals surface area contributed by atoms with Gasteiger partial charge < -0.3 is 14.2 Å². The van der Waals surface area contributed by atoms with Crippen molar-refractivity contribution < 1.29 is 28.6 Å². The third-order valence-electron chi connectivity index (χ3n) is 9.34. The summed E-state index contributed by atoms with van der Waals surface area (Å²) in [5, 5.41) is 0. The molecule has 0 fully saturated rings. The maximum atomic E-state index is 12.7. The van der Waals surface area contributed by atoms with Crippen LogP contribution in [0.25, 0.3) is 0 Å². The van der Waals surface area contributed by atoms with Crippen LogP contribution < -0.4 is 0 Å². The zero-order valence-electron chi connectivity index (χ0n) is 38.6. The van der Waals surface area contributed by atoms with Crippen molar-refractivity contribution in [1.29, 1.82) is 0 Å². The highest BCUT2D eigenvalue weighted by molar-refractivity contribution is 5.71. The summed E-state index contributed by atoms with van der Waals surface area (Å²) in [6.07, 6.45) is 67.2. The first-order valence-electron chi connectivity index (χ1n) is 23.8. The number of carbonyl (C=O) groups excluding carboxylic acids is 3. The third kappa shape index (κ3) is 46.5. The fourth-order valence-electron chi connectivity index (χ4n) is 5.80. The summed E-state index contributed by atoms with van der Waals surface area (Å²) >= 11 is 0. The lowest BCUT2D eigenvalue weighted by molar-refractivity contribution is -0.167. The first-order valence-corrected chi connectivity index (χ1v) is 23.8. The molecular weight excluding hydrogens is 757 g/mol. The number of ether oxygens (including phenoxy) is 3. The Hall–Kier alpha value is -4.45. The van der Waals surface area contributed by atoms with E-state index in [9.17, 15) is 14.4 Å². The quantitative estimate of drug-likeness (QED) is 0.0201. The smallest absolute Gasteiger partial charge is 0.306 e. The molecule has 0 bridgehead atoms. The Morgan fingerprint density at radius 3 is 1.25 bits per heavy atom. The lowest BCUT2D eigenvalue weighted by Crippen LogP contribution is -2.30. The van der Waals surface area contributed by atoms with Crippen LogP contribution in [-0.2, 0) is 28.6 Å². The van der Waals surface area contributed by atoms with Gasteiger partial charge in [0, 0.05) is 19.3 Å². The van der Waals surface area contributed by atoms with E-state index in [0.29, 0.717) is 25.7 Å². The SMILES string of the molecule is CC\C=C/C=C\C=C/C=C\C=C\C=C/C=C\CCCCCC(=O)OCC(COC(=O)CCCC/C=C\C/C=C\CC)OC(=O)CCCCCCCC/C=C\C=C/CCCCC. The molecule has 0 saturated carbocycles. The Morgan fingerprint density at radius 1 is 0.361 bits per heavy atom. The zero-order chi connectivity index (χ0) is 44.4. The van der Waals surface area contributed by atoms with Crippen molar-refractivity contribution in [3.8, 4) is 0 Å². The van der Waals surface area contributed by atoms with Crippen molar-refractivity contribution in [2.75, 3.05) is 13.2 Å². The Kier molecular flexibility index (Phi) is 44.7. The summed E-state index contributed by atoms with van der Waals surface area (Å²) in [5.41, 5.74) is 0. The summed E-state index contributed by atoms with van der Waals surface area (Å²) in [6, 6.07) is 0. The van der Waals surface area contributed by atoms with E-state index < -0.39 is 6.10 Å². The molecule has 1 unspecified atom stereocenters. The first-order chi connectivity index (χ1) is 30.0. The summed E-state index contributed by atoms with van der Waals surface area (Å²) < 4.78 is 16.6. The fourth-order valence-corrected chi connectivity index (χ4v) is 5.80. The Balaban J connectivity index is 4.53. The molecule has 61 heavy (non-hydrogen) atoms. The van der Waals surface area contributed by atoms with Crippen molar-refractivity contribution in [2.24, 2.45) is 0 Å². The number of hydrogen-bond acceptors (Lipinski definition) is 6. The summed E-state index contributed by atoms with van der Waals surface area (Å²) in [4.78, 5) is 37.8. The second-order valence-corrected chi connectivity index (χ2v) is 15.1. The van der Waals surface area contributed by atoms with E-state index in [1.807, 2.05) is 72.9 Å². The van der Waals surface area contributed by atoms with E-state index in [4.69, 9.17) is 14.2 Å². The van der Waals surface area contributed by atoms with E-state index in [2.05, 4.69) is 81.5 Å². The molecule has 0 rings (SSSR count). The molecule has 0 spiro atoms. The maximum absolute atomic E-state index is 12.7. The molecule has 0 heterocycles. The molecule has 0 aliphatic rings. The van der Waals surface area contributed by atoms with Crippen LogP contribution in [-0.4, -0.2) is 37.2 Å². The molecule has 6 nitrogen and oxygen atoms in total. The van der Waals surface area contributed by atoms with Gasteiger partial charge in [-0.2, -0.15) is 0 Å². The van der Waals surface area contributed by atoms with Gasteiger partial charge in [-0.05, 0) is 89.9 Å². The summed E-state index contributed by atoms with van der Waals surface area (Å²) in [6.45, 7) is 6.22. The molecule has 0 radical (unpaired) electrons. The van der Waals surface area contributed by atoms with Crippen LogP contribution in [0, 0.1) is 0 Å². The lowest BCUT2D eigenvalue weighted by atomic mass is 10.1. The molecule has 0 aromatic heterocycles. The predicted molar refractivity (Wildman–Crippen MR) is 260 cm³/mol. The molecule has 0 aromatic carbocycles. The van der Waals surface area contributed by atoms with E-state index >= 15 is 0 Å². The third-order valence-corrected chi connectivity index (χ3v) is 9.34. The average molecular weight is 841 g/mol. The fraction of sp³-hybridized carbons (Fsp3) is 0.545. The molecule has 1 atom stereocenters. The largest absolute Gasteiger partial charge is 0.462 e. The van der Waals surface area contributed by atoms with Crippen LogP contribution in [0.15, 0.2) is 134 Å². The van der Waals surface area contributed by atoms with E-state index in [-0.39, 0.29) is 31.1 Å². The molecule has 6 heteroatoms. The molecular formula is C55H84O6. The number of hydrogen-bond donors (Lipinski definition) is 0. The van der Waals surface area contributed by atoms with Gasteiger partial charge >= 0.3 is 17.9 Å². The molecule has 0 aliphatic carbocycles. The summed E-state index contributed by atoms with van der Waals surface area (Å²) in [7, 11) is 0. The van der Waals surface area contributed by atoms with Gasteiger partial charge in [0.2, 0.25) is 0 Å². The van der Waals surface area contributed by atoms with Crippen molar-refractivity contribution >= 4 is 17.9 Å². The molecule has 0 saturated heterocycles. The second-order valence-electron chi connectivity index (χ2n) is 15.1. The second kappa shape index (κ2) is 48.2. The number of esters is 3. The van der Waals surface area contributed by atoms with Gasteiger partial charge in [0.05, 0.1) is 0 Å². The Labute approximate surface area is 373 Å². The average Bonchev–Trinajstić information content (AvgIpc) is 3.26. The molecule has 0 N–H and O–H groups in total. The van der Waals surface area contributed by atoms with Crippen LogP contribution >= 0.6 is 0 Å². The number of unbranched alkanes of at least 4 members (excludes halogenated alkanes) is 14. The van der Waals surface area contributed by atoms with E-state index in [1.165, 1.54) is 32.1 Å². The van der Waals surface area contributed by atoms with Crippen molar-refractivity contribution in [3.63, 3.8) is 0 Å². The van der Waals surface area contributed by atoms with E-state index in [0.717, 1.165) is 96.3 Å². The minimum Gasteiger partial charge on any atom is -0.462 e. The van der Waals surface area contributed by atoms with Crippen molar-refractivity contribution in [3.05, 3.63) is 134 Å². The minimum atomic E-state index is -0.819. The van der Waals surface area contributed by atoms with Crippen molar-refractivity contribution in [1.82, 2.24) is 0 Å². The van der Waals surface area contributed by atoms with Gasteiger partial charge in [-0.1, -0.05) is 199 Å². The molecule has 0 aromatic rings. The normalized spacial score (nSPS) is 13.3. The number of carbonyl (C=O) groups is 3. The Bertz CT molecular complexity index is 1380. The molecule has 340 valence electrons. The topological polar surface area (TPSA) is 78.9 Å². The minimum absolute atomic E-state index is 0.121. The number of rotatable bonds is 40.